The lowest BCUT2D eigenvalue weighted by atomic mass is 10.1. The fourth-order valence-electron chi connectivity index (χ4n) is 1.81. The van der Waals surface area contributed by atoms with Crippen LogP contribution in [0.4, 0.5) is 0 Å². The smallest absolute Gasteiger partial charge is 0.119 e. The Hall–Kier alpha value is -1.06. The first-order valence-corrected chi connectivity index (χ1v) is 7.03. The number of rotatable bonds is 8. The van der Waals surface area contributed by atoms with Crippen molar-refractivity contribution in [1.29, 1.82) is 0 Å². The van der Waals surface area contributed by atoms with Crippen molar-refractivity contribution in [2.45, 2.75) is 33.3 Å². The second-order valence-electron chi connectivity index (χ2n) is 5.72. The standard InChI is InChI=1S/C16H27NO2/c1-13(2)9-10-17(4)11-15(18)12-19-16-7-5-14(3)6-8-16/h5-8,13,15,18H,9-12H2,1-4H3. The molecule has 0 saturated carbocycles. The van der Waals surface area contributed by atoms with Gasteiger partial charge in [-0.15, -0.1) is 0 Å². The molecule has 1 aromatic carbocycles. The highest BCUT2D eigenvalue weighted by molar-refractivity contribution is 5.26. The van der Waals surface area contributed by atoms with Gasteiger partial charge in [-0.25, -0.2) is 0 Å². The topological polar surface area (TPSA) is 32.7 Å². The largest absolute Gasteiger partial charge is 0.491 e. The molecule has 0 aliphatic heterocycles. The number of aliphatic hydroxyl groups excluding tert-OH is 1. The van der Waals surface area contributed by atoms with E-state index in [1.54, 1.807) is 0 Å². The third-order valence-corrected chi connectivity index (χ3v) is 3.07. The fourth-order valence-corrected chi connectivity index (χ4v) is 1.81. The molecule has 0 radical (unpaired) electrons. The Morgan fingerprint density at radius 1 is 1.21 bits per heavy atom. The molecule has 108 valence electrons. The first-order chi connectivity index (χ1) is 8.97. The van der Waals surface area contributed by atoms with Crippen molar-refractivity contribution >= 4 is 0 Å². The van der Waals surface area contributed by atoms with E-state index in [4.69, 9.17) is 4.74 Å². The summed E-state index contributed by atoms with van der Waals surface area (Å²) in [6.07, 6.45) is 0.709. The quantitative estimate of drug-likeness (QED) is 0.784. The summed E-state index contributed by atoms with van der Waals surface area (Å²) in [6.45, 7) is 8.48. The van der Waals surface area contributed by atoms with Gasteiger partial charge >= 0.3 is 0 Å². The second-order valence-corrected chi connectivity index (χ2v) is 5.72. The third-order valence-electron chi connectivity index (χ3n) is 3.07. The molecule has 0 aromatic heterocycles. The monoisotopic (exact) mass is 265 g/mol. The van der Waals surface area contributed by atoms with Gasteiger partial charge in [-0.1, -0.05) is 31.5 Å². The molecule has 0 saturated heterocycles. The Kier molecular flexibility index (Phi) is 6.89. The Morgan fingerprint density at radius 3 is 2.42 bits per heavy atom. The van der Waals surface area contributed by atoms with Gasteiger partial charge in [0.15, 0.2) is 0 Å². The lowest BCUT2D eigenvalue weighted by molar-refractivity contribution is 0.0751. The summed E-state index contributed by atoms with van der Waals surface area (Å²) in [5, 5.41) is 9.93. The van der Waals surface area contributed by atoms with E-state index in [1.807, 2.05) is 38.2 Å². The Labute approximate surface area is 117 Å². The molecule has 1 atom stereocenters. The number of hydrogen-bond acceptors (Lipinski definition) is 3. The van der Waals surface area contributed by atoms with Crippen LogP contribution in [0.5, 0.6) is 5.75 Å². The lowest BCUT2D eigenvalue weighted by Gasteiger charge is -2.21. The highest BCUT2D eigenvalue weighted by Gasteiger charge is 2.09. The van der Waals surface area contributed by atoms with Crippen LogP contribution in [-0.2, 0) is 0 Å². The van der Waals surface area contributed by atoms with Crippen molar-refractivity contribution < 1.29 is 9.84 Å². The molecule has 0 bridgehead atoms. The summed E-state index contributed by atoms with van der Waals surface area (Å²) < 4.78 is 5.57. The van der Waals surface area contributed by atoms with Crippen LogP contribution in [0.3, 0.4) is 0 Å². The second kappa shape index (κ2) is 8.18. The zero-order chi connectivity index (χ0) is 14.3. The number of benzene rings is 1. The van der Waals surface area contributed by atoms with Gasteiger partial charge in [-0.2, -0.15) is 0 Å². The van der Waals surface area contributed by atoms with Gasteiger partial charge in [0, 0.05) is 6.54 Å². The van der Waals surface area contributed by atoms with E-state index in [-0.39, 0.29) is 0 Å². The van der Waals surface area contributed by atoms with Gasteiger partial charge in [-0.05, 0) is 45.0 Å². The van der Waals surface area contributed by atoms with Crippen LogP contribution in [0.15, 0.2) is 24.3 Å². The van der Waals surface area contributed by atoms with Crippen molar-refractivity contribution in [3.05, 3.63) is 29.8 Å². The Balaban J connectivity index is 2.23. The number of aryl methyl sites for hydroxylation is 1. The van der Waals surface area contributed by atoms with Crippen molar-refractivity contribution in [3.8, 4) is 5.75 Å². The summed E-state index contributed by atoms with van der Waals surface area (Å²) in [5.74, 6) is 1.51. The number of nitrogens with zero attached hydrogens (tertiary/aromatic N) is 1. The summed E-state index contributed by atoms with van der Waals surface area (Å²) in [4.78, 5) is 2.16. The maximum atomic E-state index is 9.93. The van der Waals surface area contributed by atoms with E-state index >= 15 is 0 Å². The van der Waals surface area contributed by atoms with Crippen molar-refractivity contribution in [2.24, 2.45) is 5.92 Å². The maximum absolute atomic E-state index is 9.93. The molecule has 1 unspecified atom stereocenters. The average molecular weight is 265 g/mol. The van der Waals surface area contributed by atoms with Crippen LogP contribution >= 0.6 is 0 Å². The van der Waals surface area contributed by atoms with Crippen LogP contribution in [0.25, 0.3) is 0 Å². The molecule has 1 rings (SSSR count). The van der Waals surface area contributed by atoms with E-state index in [0.29, 0.717) is 19.1 Å². The number of aliphatic hydroxyl groups is 1. The molecule has 19 heavy (non-hydrogen) atoms. The predicted molar refractivity (Wildman–Crippen MR) is 79.6 cm³/mol. The van der Waals surface area contributed by atoms with E-state index in [0.717, 1.165) is 18.7 Å². The molecular formula is C16H27NO2. The van der Waals surface area contributed by atoms with Gasteiger partial charge < -0.3 is 14.7 Å². The molecule has 0 heterocycles. The van der Waals surface area contributed by atoms with Crippen LogP contribution < -0.4 is 4.74 Å². The molecule has 3 heteroatoms. The fraction of sp³-hybridized carbons (Fsp3) is 0.625. The molecule has 3 nitrogen and oxygen atoms in total. The summed E-state index contributed by atoms with van der Waals surface area (Å²) in [5.41, 5.74) is 1.21. The first-order valence-electron chi connectivity index (χ1n) is 7.03. The van der Waals surface area contributed by atoms with Crippen molar-refractivity contribution in [1.82, 2.24) is 4.90 Å². The van der Waals surface area contributed by atoms with Gasteiger partial charge in [-0.3, -0.25) is 0 Å². The molecule has 0 aliphatic carbocycles. The van der Waals surface area contributed by atoms with Crippen molar-refractivity contribution in [3.63, 3.8) is 0 Å². The molecule has 1 N–H and O–H groups in total. The predicted octanol–water partition coefficient (Wildman–Crippen LogP) is 2.71. The van der Waals surface area contributed by atoms with Gasteiger partial charge in [0.25, 0.3) is 0 Å². The average Bonchev–Trinajstić information content (AvgIpc) is 2.36. The maximum Gasteiger partial charge on any atom is 0.119 e. The number of likely N-dealkylation sites (N-methyl/N-ethyl adjacent to an activating group) is 1. The summed E-state index contributed by atoms with van der Waals surface area (Å²) in [7, 11) is 2.04. The molecular weight excluding hydrogens is 238 g/mol. The van der Waals surface area contributed by atoms with E-state index in [1.165, 1.54) is 5.56 Å². The third kappa shape index (κ3) is 7.19. The van der Waals surface area contributed by atoms with Crippen LogP contribution in [0.2, 0.25) is 0 Å². The Bertz CT molecular complexity index is 348. The van der Waals surface area contributed by atoms with Gasteiger partial charge in [0.05, 0.1) is 0 Å². The molecule has 0 aliphatic rings. The normalized spacial score (nSPS) is 13.0. The zero-order valence-electron chi connectivity index (χ0n) is 12.6. The van der Waals surface area contributed by atoms with Gasteiger partial charge in [0.2, 0.25) is 0 Å². The minimum Gasteiger partial charge on any atom is -0.491 e. The molecule has 1 aromatic rings. The summed E-state index contributed by atoms with van der Waals surface area (Å²) >= 11 is 0. The van der Waals surface area contributed by atoms with E-state index < -0.39 is 6.10 Å². The number of hydrogen-bond donors (Lipinski definition) is 1. The summed E-state index contributed by atoms with van der Waals surface area (Å²) in [6, 6.07) is 7.89. The van der Waals surface area contributed by atoms with E-state index in [2.05, 4.69) is 18.7 Å². The van der Waals surface area contributed by atoms with Crippen LogP contribution in [0.1, 0.15) is 25.8 Å². The highest BCUT2D eigenvalue weighted by Crippen LogP contribution is 2.11. The molecule has 0 amide bonds. The Morgan fingerprint density at radius 2 is 1.84 bits per heavy atom. The minimum atomic E-state index is -0.446. The zero-order valence-corrected chi connectivity index (χ0v) is 12.6. The first kappa shape index (κ1) is 16.0. The molecule has 0 spiro atoms. The SMILES string of the molecule is Cc1ccc(OCC(O)CN(C)CCC(C)C)cc1. The van der Waals surface area contributed by atoms with Crippen LogP contribution in [-0.4, -0.2) is 42.9 Å². The highest BCUT2D eigenvalue weighted by atomic mass is 16.5. The lowest BCUT2D eigenvalue weighted by Crippen LogP contribution is -2.34. The minimum absolute atomic E-state index is 0.342. The van der Waals surface area contributed by atoms with Gasteiger partial charge in [0.1, 0.15) is 18.5 Å². The number of ether oxygens (including phenoxy) is 1. The molecule has 0 fully saturated rings. The van der Waals surface area contributed by atoms with Crippen molar-refractivity contribution in [2.75, 3.05) is 26.7 Å². The van der Waals surface area contributed by atoms with E-state index in [9.17, 15) is 5.11 Å². The van der Waals surface area contributed by atoms with Crippen LogP contribution in [0, 0.1) is 12.8 Å².